The van der Waals surface area contributed by atoms with Crippen molar-refractivity contribution in [3.63, 3.8) is 0 Å². The van der Waals surface area contributed by atoms with Gasteiger partial charge in [0.2, 0.25) is 0 Å². The van der Waals surface area contributed by atoms with Crippen molar-refractivity contribution < 1.29 is 0 Å². The van der Waals surface area contributed by atoms with Gasteiger partial charge in [-0.2, -0.15) is 0 Å². The van der Waals surface area contributed by atoms with Gasteiger partial charge in [-0.25, -0.2) is 0 Å². The summed E-state index contributed by atoms with van der Waals surface area (Å²) in [6, 6.07) is 0. The van der Waals surface area contributed by atoms with Crippen LogP contribution in [-0.4, -0.2) is 4.98 Å². The smallest absolute Gasteiger partial charge is 0.100 e. The van der Waals surface area contributed by atoms with E-state index in [4.69, 9.17) is 0 Å². The zero-order valence-corrected chi connectivity index (χ0v) is 9.38. The first-order valence-electron chi connectivity index (χ1n) is 4.68. The summed E-state index contributed by atoms with van der Waals surface area (Å²) in [4.78, 5) is 6.12. The van der Waals surface area contributed by atoms with E-state index in [1.54, 1.807) is 0 Å². The Morgan fingerprint density at radius 3 is 2.62 bits per heavy atom. The van der Waals surface area contributed by atoms with Crippen LogP contribution in [0, 0.1) is 13.8 Å². The van der Waals surface area contributed by atoms with Gasteiger partial charge >= 0.3 is 0 Å². The monoisotopic (exact) mass is 193 g/mol. The highest BCUT2D eigenvalue weighted by atomic mass is 32.1. The highest BCUT2D eigenvalue weighted by molar-refractivity contribution is 7.18. The molecule has 0 saturated carbocycles. The van der Waals surface area contributed by atoms with Crippen LogP contribution in [-0.2, 0) is 0 Å². The van der Waals surface area contributed by atoms with Crippen molar-refractivity contribution in [3.8, 4) is 0 Å². The Kier molecular flexibility index (Phi) is 1.95. The third-order valence-corrected chi connectivity index (χ3v) is 3.79. The number of thiophene rings is 1. The average Bonchev–Trinajstić information content (AvgIpc) is 2.55. The predicted molar refractivity (Wildman–Crippen MR) is 59.7 cm³/mol. The molecule has 1 nitrogen and oxygen atoms in total. The summed E-state index contributed by atoms with van der Waals surface area (Å²) in [5.41, 5.74) is 2.90. The molecule has 0 saturated heterocycles. The number of rotatable bonds is 1. The Bertz CT molecular complexity index is 434. The lowest BCUT2D eigenvalue weighted by Gasteiger charge is -2.01. The number of fused-ring (bicyclic) bond motifs is 1. The summed E-state index contributed by atoms with van der Waals surface area (Å²) in [5, 5.41) is 1.46. The lowest BCUT2D eigenvalue weighted by Crippen LogP contribution is -1.84. The minimum atomic E-state index is 0.612. The maximum absolute atomic E-state index is 3.35. The molecule has 2 heteroatoms. The molecule has 0 aliphatic carbocycles. The Hall–Kier alpha value is -0.760. The van der Waals surface area contributed by atoms with Crippen LogP contribution in [0.3, 0.4) is 0 Å². The number of hydrogen-bond acceptors (Lipinski definition) is 1. The molecule has 0 fully saturated rings. The van der Waals surface area contributed by atoms with Gasteiger partial charge in [-0.05, 0) is 30.9 Å². The summed E-state index contributed by atoms with van der Waals surface area (Å²) in [6.45, 7) is 8.90. The standard InChI is InChI=1S/C11H15NS/c1-6(2)9-5-12-11-10(9)7(3)8(4)13-11/h5-6,12H,1-4H3. The lowest BCUT2D eigenvalue weighted by atomic mass is 10.0. The molecule has 0 radical (unpaired) electrons. The molecule has 0 aromatic carbocycles. The molecule has 0 spiro atoms. The fourth-order valence-corrected chi connectivity index (χ4v) is 2.80. The van der Waals surface area contributed by atoms with Crippen LogP contribution in [0.1, 0.15) is 35.8 Å². The van der Waals surface area contributed by atoms with Gasteiger partial charge in [0, 0.05) is 16.5 Å². The van der Waals surface area contributed by atoms with Gasteiger partial charge in [0.25, 0.3) is 0 Å². The van der Waals surface area contributed by atoms with E-state index in [1.165, 1.54) is 26.2 Å². The Labute approximate surface area is 82.8 Å². The van der Waals surface area contributed by atoms with E-state index in [2.05, 4.69) is 38.9 Å². The topological polar surface area (TPSA) is 15.8 Å². The van der Waals surface area contributed by atoms with Crippen LogP contribution in [0.2, 0.25) is 0 Å². The van der Waals surface area contributed by atoms with E-state index in [1.807, 2.05) is 11.3 Å². The molecular weight excluding hydrogens is 178 g/mol. The zero-order chi connectivity index (χ0) is 9.59. The van der Waals surface area contributed by atoms with Crippen LogP contribution in [0.15, 0.2) is 6.20 Å². The van der Waals surface area contributed by atoms with Crippen LogP contribution in [0.25, 0.3) is 10.2 Å². The fraction of sp³-hybridized carbons (Fsp3) is 0.455. The molecule has 1 N–H and O–H groups in total. The van der Waals surface area contributed by atoms with E-state index in [-0.39, 0.29) is 0 Å². The molecular formula is C11H15NS. The average molecular weight is 193 g/mol. The van der Waals surface area contributed by atoms with Gasteiger partial charge in [-0.1, -0.05) is 13.8 Å². The van der Waals surface area contributed by atoms with E-state index in [0.717, 1.165) is 0 Å². The van der Waals surface area contributed by atoms with Crippen LogP contribution in [0.4, 0.5) is 0 Å². The van der Waals surface area contributed by atoms with Crippen molar-refractivity contribution in [2.24, 2.45) is 0 Å². The quantitative estimate of drug-likeness (QED) is 0.705. The molecule has 2 rings (SSSR count). The molecule has 2 heterocycles. The fourth-order valence-electron chi connectivity index (χ4n) is 1.75. The van der Waals surface area contributed by atoms with E-state index >= 15 is 0 Å². The number of aryl methyl sites for hydroxylation is 2. The minimum Gasteiger partial charge on any atom is -0.353 e. The van der Waals surface area contributed by atoms with E-state index < -0.39 is 0 Å². The summed E-state index contributed by atoms with van der Waals surface area (Å²) < 4.78 is 0. The van der Waals surface area contributed by atoms with Crippen molar-refractivity contribution in [2.75, 3.05) is 0 Å². The first-order chi connectivity index (χ1) is 6.11. The van der Waals surface area contributed by atoms with Gasteiger partial charge in [0.15, 0.2) is 0 Å². The molecule has 0 atom stereocenters. The van der Waals surface area contributed by atoms with Gasteiger partial charge in [-0.3, -0.25) is 0 Å². The van der Waals surface area contributed by atoms with Crippen molar-refractivity contribution in [1.29, 1.82) is 0 Å². The second-order valence-electron chi connectivity index (χ2n) is 3.89. The third-order valence-electron chi connectivity index (χ3n) is 2.65. The zero-order valence-electron chi connectivity index (χ0n) is 8.56. The van der Waals surface area contributed by atoms with E-state index in [0.29, 0.717) is 5.92 Å². The van der Waals surface area contributed by atoms with E-state index in [9.17, 15) is 0 Å². The summed E-state index contributed by atoms with van der Waals surface area (Å²) >= 11 is 1.86. The molecule has 0 unspecified atom stereocenters. The van der Waals surface area contributed by atoms with Crippen LogP contribution in [0.5, 0.6) is 0 Å². The summed E-state index contributed by atoms with van der Waals surface area (Å²) in [5.74, 6) is 0.612. The second-order valence-corrected chi connectivity index (χ2v) is 5.11. The maximum Gasteiger partial charge on any atom is 0.100 e. The number of nitrogens with one attached hydrogen (secondary N) is 1. The van der Waals surface area contributed by atoms with Crippen LogP contribution < -0.4 is 0 Å². The molecule has 2 aromatic rings. The molecule has 70 valence electrons. The normalized spacial score (nSPS) is 11.8. The number of aromatic nitrogens is 1. The van der Waals surface area contributed by atoms with Crippen molar-refractivity contribution >= 4 is 21.6 Å². The minimum absolute atomic E-state index is 0.612. The van der Waals surface area contributed by atoms with Crippen molar-refractivity contribution in [3.05, 3.63) is 22.2 Å². The highest BCUT2D eigenvalue weighted by Crippen LogP contribution is 2.35. The Morgan fingerprint density at radius 2 is 2.00 bits per heavy atom. The molecule has 13 heavy (non-hydrogen) atoms. The second kappa shape index (κ2) is 2.88. The van der Waals surface area contributed by atoms with Gasteiger partial charge in [0.1, 0.15) is 4.83 Å². The largest absolute Gasteiger partial charge is 0.353 e. The molecule has 2 aromatic heterocycles. The lowest BCUT2D eigenvalue weighted by molar-refractivity contribution is 0.875. The SMILES string of the molecule is Cc1sc2[nH]cc(C(C)C)c2c1C. The van der Waals surface area contributed by atoms with Crippen molar-refractivity contribution in [2.45, 2.75) is 33.6 Å². The van der Waals surface area contributed by atoms with Gasteiger partial charge in [-0.15, -0.1) is 11.3 Å². The maximum atomic E-state index is 3.35. The highest BCUT2D eigenvalue weighted by Gasteiger charge is 2.12. The molecule has 0 aliphatic heterocycles. The first kappa shape index (κ1) is 8.82. The first-order valence-corrected chi connectivity index (χ1v) is 5.50. The summed E-state index contributed by atoms with van der Waals surface area (Å²) in [6.07, 6.45) is 2.15. The van der Waals surface area contributed by atoms with Gasteiger partial charge in [0.05, 0.1) is 0 Å². The molecule has 0 amide bonds. The number of H-pyrrole nitrogens is 1. The summed E-state index contributed by atoms with van der Waals surface area (Å²) in [7, 11) is 0. The molecule has 0 bridgehead atoms. The van der Waals surface area contributed by atoms with Crippen molar-refractivity contribution in [1.82, 2.24) is 4.98 Å². The van der Waals surface area contributed by atoms with Gasteiger partial charge < -0.3 is 4.98 Å². The Balaban J connectivity index is 2.78. The van der Waals surface area contributed by atoms with Crippen LogP contribution >= 0.6 is 11.3 Å². The number of aromatic amines is 1. The third kappa shape index (κ3) is 1.20. The molecule has 0 aliphatic rings. The predicted octanol–water partition coefficient (Wildman–Crippen LogP) is 3.97. The number of hydrogen-bond donors (Lipinski definition) is 1. The Morgan fingerprint density at radius 1 is 1.31 bits per heavy atom.